The molecule has 1 heterocycles. The minimum absolute atomic E-state index is 0.0197. The summed E-state index contributed by atoms with van der Waals surface area (Å²) in [5, 5.41) is 0. The Morgan fingerprint density at radius 1 is 1.44 bits per heavy atom. The van der Waals surface area contributed by atoms with E-state index in [4.69, 9.17) is 0 Å². The summed E-state index contributed by atoms with van der Waals surface area (Å²) in [6.07, 6.45) is 0.0329. The van der Waals surface area contributed by atoms with Crippen molar-refractivity contribution >= 4 is 0 Å². The number of rotatable bonds is 1. The van der Waals surface area contributed by atoms with Gasteiger partial charge in [-0.1, -0.05) is 0 Å². The zero-order valence-electron chi connectivity index (χ0n) is 5.69. The second-order valence-electron chi connectivity index (χ2n) is 2.70. The van der Waals surface area contributed by atoms with E-state index in [1.807, 2.05) is 0 Å². The van der Waals surface area contributed by atoms with Crippen LogP contribution in [0.25, 0.3) is 0 Å². The summed E-state index contributed by atoms with van der Waals surface area (Å²) in [4.78, 5) is 1.20. The fraction of sp³-hybridized carbons (Fsp3) is 1.00. The highest BCUT2D eigenvalue weighted by atomic mass is 19.3. The zero-order chi connectivity index (χ0) is 7.07. The molecule has 1 fully saturated rings. The van der Waals surface area contributed by atoms with E-state index in [1.54, 1.807) is 13.8 Å². The van der Waals surface area contributed by atoms with Crippen molar-refractivity contribution in [3.05, 3.63) is 0 Å². The van der Waals surface area contributed by atoms with Gasteiger partial charge in [0.15, 0.2) is 0 Å². The lowest BCUT2D eigenvalue weighted by Crippen LogP contribution is -2.56. The van der Waals surface area contributed by atoms with Crippen molar-refractivity contribution in [3.63, 3.8) is 0 Å². The summed E-state index contributed by atoms with van der Waals surface area (Å²) in [5.41, 5.74) is 0. The molecule has 1 aliphatic rings. The molecule has 1 nitrogen and oxygen atoms in total. The molecule has 1 aliphatic heterocycles. The Bertz CT molecular complexity index is 112. The molecule has 1 saturated heterocycles. The number of hydrogen-bond acceptors (Lipinski definition) is 1. The van der Waals surface area contributed by atoms with E-state index in [0.717, 1.165) is 0 Å². The average Bonchev–Trinajstić information content (AvgIpc) is 1.62. The predicted molar refractivity (Wildman–Crippen MR) is 31.4 cm³/mol. The highest BCUT2D eigenvalue weighted by Crippen LogP contribution is 2.34. The molecule has 0 unspecified atom stereocenters. The summed E-state index contributed by atoms with van der Waals surface area (Å²) in [6.45, 7) is 4.12. The van der Waals surface area contributed by atoms with Crippen molar-refractivity contribution in [1.29, 1.82) is 0 Å². The van der Waals surface area contributed by atoms with Gasteiger partial charge < -0.3 is 0 Å². The summed E-state index contributed by atoms with van der Waals surface area (Å²) in [7, 11) is 0. The lowest BCUT2D eigenvalue weighted by Gasteiger charge is -2.42. The van der Waals surface area contributed by atoms with Gasteiger partial charge in [0.2, 0.25) is 0 Å². The predicted octanol–water partition coefficient (Wildman–Crippen LogP) is 1.69. The molecule has 0 aromatic carbocycles. The maximum Gasteiger partial charge on any atom is 0.306 e. The number of hydrogen-bond donors (Lipinski definition) is 0. The summed E-state index contributed by atoms with van der Waals surface area (Å²) in [5.74, 6) is 0. The molecule has 9 heavy (non-hydrogen) atoms. The number of alkyl halides is 2. The summed E-state index contributed by atoms with van der Waals surface area (Å²) in [6, 6.07) is -2.53. The van der Waals surface area contributed by atoms with E-state index in [-0.39, 0.29) is 12.5 Å². The van der Waals surface area contributed by atoms with Gasteiger partial charge in [-0.05, 0) is 13.8 Å². The molecule has 0 bridgehead atoms. The van der Waals surface area contributed by atoms with E-state index in [9.17, 15) is 8.78 Å². The third-order valence-electron chi connectivity index (χ3n) is 1.70. The van der Waals surface area contributed by atoms with Crippen LogP contribution in [-0.2, 0) is 0 Å². The highest BCUT2D eigenvalue weighted by Gasteiger charge is 2.46. The Morgan fingerprint density at radius 2 is 2.00 bits per heavy atom. The van der Waals surface area contributed by atoms with Gasteiger partial charge >= 0.3 is 6.05 Å². The standard InChI is InChI=1S/C6H11F2N/c1-5(2)9-4-3-6(9,7)8/h5H,3-4H2,1-2H3. The molecular formula is C6H11F2N. The van der Waals surface area contributed by atoms with Gasteiger partial charge in [0.05, 0.1) is 0 Å². The van der Waals surface area contributed by atoms with Gasteiger partial charge in [0, 0.05) is 19.0 Å². The highest BCUT2D eigenvalue weighted by molar-refractivity contribution is 4.83. The SMILES string of the molecule is CC(C)N1CCC1(F)F. The maximum absolute atomic E-state index is 12.4. The molecule has 54 valence electrons. The van der Waals surface area contributed by atoms with Crippen LogP contribution in [0.2, 0.25) is 0 Å². The van der Waals surface area contributed by atoms with Gasteiger partial charge in [-0.25, -0.2) is 4.90 Å². The van der Waals surface area contributed by atoms with Gasteiger partial charge in [-0.15, -0.1) is 0 Å². The van der Waals surface area contributed by atoms with Crippen molar-refractivity contribution in [1.82, 2.24) is 4.90 Å². The average molecular weight is 135 g/mol. The normalized spacial score (nSPS) is 26.3. The Morgan fingerprint density at radius 3 is 2.00 bits per heavy atom. The molecule has 0 aromatic rings. The Labute approximate surface area is 53.6 Å². The monoisotopic (exact) mass is 135 g/mol. The van der Waals surface area contributed by atoms with Crippen LogP contribution in [0.15, 0.2) is 0 Å². The molecule has 3 heteroatoms. The van der Waals surface area contributed by atoms with Crippen molar-refractivity contribution < 1.29 is 8.78 Å². The van der Waals surface area contributed by atoms with Gasteiger partial charge in [0.1, 0.15) is 0 Å². The van der Waals surface area contributed by atoms with Gasteiger partial charge in [-0.3, -0.25) is 0 Å². The largest absolute Gasteiger partial charge is 0.306 e. The Kier molecular flexibility index (Phi) is 1.47. The topological polar surface area (TPSA) is 3.24 Å². The van der Waals surface area contributed by atoms with E-state index in [2.05, 4.69) is 0 Å². The third kappa shape index (κ3) is 1.06. The molecule has 0 aliphatic carbocycles. The van der Waals surface area contributed by atoms with Gasteiger partial charge in [0.25, 0.3) is 0 Å². The summed E-state index contributed by atoms with van der Waals surface area (Å²) < 4.78 is 24.8. The molecule has 0 saturated carbocycles. The minimum atomic E-state index is -2.51. The van der Waals surface area contributed by atoms with Crippen LogP contribution in [0, 0.1) is 0 Å². The van der Waals surface area contributed by atoms with Crippen molar-refractivity contribution in [2.45, 2.75) is 32.4 Å². The van der Waals surface area contributed by atoms with Crippen molar-refractivity contribution in [3.8, 4) is 0 Å². The van der Waals surface area contributed by atoms with Crippen LogP contribution in [0.4, 0.5) is 8.78 Å². The van der Waals surface area contributed by atoms with Crippen LogP contribution < -0.4 is 0 Å². The van der Waals surface area contributed by atoms with Crippen LogP contribution >= 0.6 is 0 Å². The Hall–Kier alpha value is -0.180. The van der Waals surface area contributed by atoms with Crippen LogP contribution in [-0.4, -0.2) is 23.5 Å². The molecule has 0 amide bonds. The molecule has 1 rings (SSSR count). The number of halogens is 2. The van der Waals surface area contributed by atoms with Crippen LogP contribution in [0.3, 0.4) is 0 Å². The fourth-order valence-corrected chi connectivity index (χ4v) is 1.05. The van der Waals surface area contributed by atoms with E-state index >= 15 is 0 Å². The number of nitrogens with zero attached hydrogens (tertiary/aromatic N) is 1. The van der Waals surface area contributed by atoms with E-state index in [1.165, 1.54) is 4.90 Å². The molecule has 0 aromatic heterocycles. The second-order valence-corrected chi connectivity index (χ2v) is 2.70. The first-order chi connectivity index (χ1) is 4.04. The second kappa shape index (κ2) is 1.90. The van der Waals surface area contributed by atoms with E-state index in [0.29, 0.717) is 6.54 Å². The summed E-state index contributed by atoms with van der Waals surface area (Å²) >= 11 is 0. The lowest BCUT2D eigenvalue weighted by molar-refractivity contribution is -0.228. The van der Waals surface area contributed by atoms with Gasteiger partial charge in [-0.2, -0.15) is 8.78 Å². The third-order valence-corrected chi connectivity index (χ3v) is 1.70. The van der Waals surface area contributed by atoms with Crippen LogP contribution in [0.1, 0.15) is 20.3 Å². The van der Waals surface area contributed by atoms with Crippen LogP contribution in [0.5, 0.6) is 0 Å². The maximum atomic E-state index is 12.4. The van der Waals surface area contributed by atoms with E-state index < -0.39 is 6.05 Å². The molecular weight excluding hydrogens is 124 g/mol. The zero-order valence-corrected chi connectivity index (χ0v) is 5.69. The molecule has 0 atom stereocenters. The first-order valence-corrected chi connectivity index (χ1v) is 3.18. The molecule has 0 N–H and O–H groups in total. The smallest absolute Gasteiger partial charge is 0.242 e. The molecule has 0 spiro atoms. The van der Waals surface area contributed by atoms with Crippen molar-refractivity contribution in [2.75, 3.05) is 6.54 Å². The first kappa shape index (κ1) is 6.93. The lowest BCUT2D eigenvalue weighted by atomic mass is 10.1. The fourth-order valence-electron chi connectivity index (χ4n) is 1.05. The number of likely N-dealkylation sites (tertiary alicyclic amines) is 1. The Balaban J connectivity index is 2.45. The quantitative estimate of drug-likeness (QED) is 0.494. The molecule has 0 radical (unpaired) electrons. The van der Waals surface area contributed by atoms with Crippen molar-refractivity contribution in [2.24, 2.45) is 0 Å². The first-order valence-electron chi connectivity index (χ1n) is 3.18. The minimum Gasteiger partial charge on any atom is -0.242 e.